The fraction of sp³-hybridized carbons (Fsp3) is 0.440. The number of rotatable bonds is 12. The first-order valence-electron chi connectivity index (χ1n) is 11.3. The smallest absolute Gasteiger partial charge is 0.233 e. The number of unbranched alkanes of at least 4 members (excludes halogenated alkanes) is 4. The molecule has 0 aliphatic heterocycles. The van der Waals surface area contributed by atoms with Crippen molar-refractivity contribution in [2.45, 2.75) is 69.6 Å². The van der Waals surface area contributed by atoms with Crippen LogP contribution in [0.25, 0.3) is 11.1 Å². The highest BCUT2D eigenvalue weighted by atomic mass is 16.2. The standard InChI is InChI=1S/C25H34N4O2/c26-28-23(30)15-3-1-9-17-25(18-10-2-4-16-24(31)29-27)21-13-7-5-11-19(21)20-12-6-8-14-22(20)25/h5-8,11-14H,1-4,9-10,15-18,26-27H2,(H,28,30)(H,29,31). The number of nitrogens with one attached hydrogen (secondary N) is 2. The van der Waals surface area contributed by atoms with Crippen LogP contribution in [0.2, 0.25) is 0 Å². The number of fused-ring (bicyclic) bond motifs is 3. The summed E-state index contributed by atoms with van der Waals surface area (Å²) in [7, 11) is 0. The summed E-state index contributed by atoms with van der Waals surface area (Å²) in [6.45, 7) is 0. The molecule has 31 heavy (non-hydrogen) atoms. The number of amides is 2. The van der Waals surface area contributed by atoms with E-state index in [4.69, 9.17) is 11.7 Å². The Morgan fingerprint density at radius 2 is 1.06 bits per heavy atom. The molecule has 0 fully saturated rings. The summed E-state index contributed by atoms with van der Waals surface area (Å²) in [4.78, 5) is 22.8. The summed E-state index contributed by atoms with van der Waals surface area (Å²) in [5.74, 6) is 10.2. The third kappa shape index (κ3) is 5.32. The van der Waals surface area contributed by atoms with Crippen molar-refractivity contribution >= 4 is 11.8 Å². The number of hydrogen-bond donors (Lipinski definition) is 4. The van der Waals surface area contributed by atoms with Crippen LogP contribution >= 0.6 is 0 Å². The van der Waals surface area contributed by atoms with E-state index in [-0.39, 0.29) is 17.2 Å². The summed E-state index contributed by atoms with van der Waals surface area (Å²) in [6, 6.07) is 17.5. The lowest BCUT2D eigenvalue weighted by Gasteiger charge is -2.33. The van der Waals surface area contributed by atoms with Crippen LogP contribution in [-0.4, -0.2) is 11.8 Å². The van der Waals surface area contributed by atoms with Crippen LogP contribution in [-0.2, 0) is 15.0 Å². The van der Waals surface area contributed by atoms with E-state index in [1.807, 2.05) is 0 Å². The van der Waals surface area contributed by atoms with E-state index in [0.29, 0.717) is 12.8 Å². The third-order valence-electron chi connectivity index (χ3n) is 6.51. The van der Waals surface area contributed by atoms with Crippen LogP contribution in [0.5, 0.6) is 0 Å². The zero-order valence-electron chi connectivity index (χ0n) is 18.2. The Balaban J connectivity index is 1.75. The Kier molecular flexibility index (Phi) is 8.20. The lowest BCUT2D eigenvalue weighted by atomic mass is 9.70. The molecular weight excluding hydrogens is 388 g/mol. The molecule has 0 radical (unpaired) electrons. The first-order valence-corrected chi connectivity index (χ1v) is 11.3. The van der Waals surface area contributed by atoms with Crippen molar-refractivity contribution in [2.75, 3.05) is 0 Å². The lowest BCUT2D eigenvalue weighted by molar-refractivity contribution is -0.122. The largest absolute Gasteiger partial charge is 0.294 e. The van der Waals surface area contributed by atoms with Crippen LogP contribution in [0.1, 0.15) is 75.3 Å². The van der Waals surface area contributed by atoms with E-state index in [0.717, 1.165) is 51.4 Å². The molecule has 0 bridgehead atoms. The quantitative estimate of drug-likeness (QED) is 0.180. The van der Waals surface area contributed by atoms with Gasteiger partial charge in [0.05, 0.1) is 0 Å². The summed E-state index contributed by atoms with van der Waals surface area (Å²) in [5.41, 5.74) is 9.90. The van der Waals surface area contributed by atoms with Crippen LogP contribution in [0.15, 0.2) is 48.5 Å². The van der Waals surface area contributed by atoms with Gasteiger partial charge in [-0.25, -0.2) is 11.7 Å². The highest BCUT2D eigenvalue weighted by Crippen LogP contribution is 2.53. The zero-order chi connectivity index (χ0) is 22.1. The highest BCUT2D eigenvalue weighted by Gasteiger charge is 2.41. The van der Waals surface area contributed by atoms with Crippen molar-refractivity contribution in [1.82, 2.24) is 10.9 Å². The van der Waals surface area contributed by atoms with E-state index < -0.39 is 0 Å². The van der Waals surface area contributed by atoms with Crippen LogP contribution in [0.3, 0.4) is 0 Å². The second kappa shape index (κ2) is 11.1. The van der Waals surface area contributed by atoms with Crippen molar-refractivity contribution in [3.8, 4) is 11.1 Å². The molecule has 3 rings (SSSR count). The Bertz CT molecular complexity index is 823. The number of carbonyl (C=O) groups excluding carboxylic acids is 2. The molecule has 2 aromatic rings. The number of benzene rings is 2. The maximum atomic E-state index is 11.4. The summed E-state index contributed by atoms with van der Waals surface area (Å²) < 4.78 is 0. The third-order valence-corrected chi connectivity index (χ3v) is 6.51. The molecule has 6 N–H and O–H groups in total. The molecule has 6 nitrogen and oxygen atoms in total. The van der Waals surface area contributed by atoms with Gasteiger partial charge in [-0.3, -0.25) is 20.4 Å². The number of hydrogen-bond acceptors (Lipinski definition) is 4. The van der Waals surface area contributed by atoms with Crippen molar-refractivity contribution in [3.05, 3.63) is 59.7 Å². The summed E-state index contributed by atoms with van der Waals surface area (Å²) in [6.07, 6.45) is 8.83. The molecule has 0 saturated carbocycles. The van der Waals surface area contributed by atoms with Crippen molar-refractivity contribution in [3.63, 3.8) is 0 Å². The second-order valence-electron chi connectivity index (χ2n) is 8.43. The zero-order valence-corrected chi connectivity index (χ0v) is 18.2. The topological polar surface area (TPSA) is 110 Å². The molecule has 1 aliphatic rings. The van der Waals surface area contributed by atoms with Crippen molar-refractivity contribution < 1.29 is 9.59 Å². The molecule has 0 aromatic heterocycles. The minimum atomic E-state index is -0.104. The molecule has 1 aliphatic carbocycles. The van der Waals surface area contributed by atoms with Crippen LogP contribution in [0, 0.1) is 0 Å². The number of carbonyl (C=O) groups is 2. The van der Waals surface area contributed by atoms with Gasteiger partial charge in [0.25, 0.3) is 0 Å². The highest BCUT2D eigenvalue weighted by molar-refractivity contribution is 5.81. The molecule has 2 amide bonds. The van der Waals surface area contributed by atoms with E-state index in [2.05, 4.69) is 59.4 Å². The molecular formula is C25H34N4O2. The average Bonchev–Trinajstić information content (AvgIpc) is 3.08. The fourth-order valence-corrected chi connectivity index (χ4v) is 5.00. The molecule has 0 atom stereocenters. The van der Waals surface area contributed by atoms with Crippen molar-refractivity contribution in [2.24, 2.45) is 11.7 Å². The Hall–Kier alpha value is -2.70. The van der Waals surface area contributed by atoms with Gasteiger partial charge >= 0.3 is 0 Å². The van der Waals surface area contributed by atoms with Crippen LogP contribution in [0.4, 0.5) is 0 Å². The normalized spacial score (nSPS) is 13.4. The lowest BCUT2D eigenvalue weighted by Crippen LogP contribution is -2.29. The monoisotopic (exact) mass is 422 g/mol. The van der Waals surface area contributed by atoms with Gasteiger partial charge in [-0.05, 0) is 47.9 Å². The Morgan fingerprint density at radius 1 is 0.645 bits per heavy atom. The molecule has 2 aromatic carbocycles. The molecule has 0 saturated heterocycles. The van der Waals surface area contributed by atoms with Gasteiger partial charge < -0.3 is 0 Å². The summed E-state index contributed by atoms with van der Waals surface area (Å²) in [5, 5.41) is 0. The Morgan fingerprint density at radius 3 is 1.48 bits per heavy atom. The predicted octanol–water partition coefficient (Wildman–Crippen LogP) is 3.83. The van der Waals surface area contributed by atoms with Gasteiger partial charge in [-0.1, -0.05) is 74.2 Å². The minimum Gasteiger partial charge on any atom is -0.294 e. The minimum absolute atomic E-state index is 0.0144. The van der Waals surface area contributed by atoms with Gasteiger partial charge in [0, 0.05) is 18.3 Å². The first kappa shape index (κ1) is 23.0. The molecule has 0 spiro atoms. The summed E-state index contributed by atoms with van der Waals surface area (Å²) >= 11 is 0. The van der Waals surface area contributed by atoms with Crippen LogP contribution < -0.4 is 22.5 Å². The van der Waals surface area contributed by atoms with Gasteiger partial charge in [0.2, 0.25) is 11.8 Å². The number of hydrazine groups is 2. The number of nitrogens with two attached hydrogens (primary N) is 2. The van der Waals surface area contributed by atoms with E-state index >= 15 is 0 Å². The first-order chi connectivity index (χ1) is 15.1. The Labute approximate surface area is 184 Å². The van der Waals surface area contributed by atoms with Gasteiger partial charge in [0.1, 0.15) is 0 Å². The maximum absolute atomic E-state index is 11.4. The van der Waals surface area contributed by atoms with E-state index in [1.54, 1.807) is 0 Å². The van der Waals surface area contributed by atoms with E-state index in [1.165, 1.54) is 22.3 Å². The average molecular weight is 423 g/mol. The van der Waals surface area contributed by atoms with Gasteiger partial charge in [-0.15, -0.1) is 0 Å². The SMILES string of the molecule is NNC(=O)CCCCCC1(CCCCCC(=O)NN)c2ccccc2-c2ccccc21. The fourth-order valence-electron chi connectivity index (χ4n) is 5.00. The van der Waals surface area contributed by atoms with Gasteiger partial charge in [0.15, 0.2) is 0 Å². The van der Waals surface area contributed by atoms with E-state index in [9.17, 15) is 9.59 Å². The van der Waals surface area contributed by atoms with Crippen molar-refractivity contribution in [1.29, 1.82) is 0 Å². The second-order valence-corrected chi connectivity index (χ2v) is 8.43. The molecule has 6 heteroatoms. The van der Waals surface area contributed by atoms with Gasteiger partial charge in [-0.2, -0.15) is 0 Å². The molecule has 0 heterocycles. The molecule has 0 unspecified atom stereocenters. The maximum Gasteiger partial charge on any atom is 0.233 e. The predicted molar refractivity (Wildman–Crippen MR) is 123 cm³/mol. The molecule has 166 valence electrons.